The predicted octanol–water partition coefficient (Wildman–Crippen LogP) is 2.75. The lowest BCUT2D eigenvalue weighted by Crippen LogP contribution is -2.37. The van der Waals surface area contributed by atoms with E-state index in [1.165, 1.54) is 24.7 Å². The van der Waals surface area contributed by atoms with Gasteiger partial charge in [-0.2, -0.15) is 5.26 Å². The summed E-state index contributed by atoms with van der Waals surface area (Å²) in [6.45, 7) is 0. The Morgan fingerprint density at radius 2 is 2.00 bits per heavy atom. The first-order valence-corrected chi connectivity index (χ1v) is 7.80. The highest BCUT2D eigenvalue weighted by molar-refractivity contribution is 5.87. The van der Waals surface area contributed by atoms with E-state index in [2.05, 4.69) is 20.3 Å². The largest absolute Gasteiger partial charge is 0.352 e. The molecule has 0 radical (unpaired) electrons. The van der Waals surface area contributed by atoms with E-state index in [4.69, 9.17) is 11.0 Å². The molecule has 11 heteroatoms. The fourth-order valence-electron chi connectivity index (χ4n) is 2.52. The van der Waals surface area contributed by atoms with Crippen LogP contribution in [0.5, 0.6) is 0 Å². The van der Waals surface area contributed by atoms with E-state index in [0.717, 1.165) is 12.1 Å². The Labute approximate surface area is 156 Å². The van der Waals surface area contributed by atoms with Gasteiger partial charge >= 0.3 is 6.03 Å². The fourth-order valence-corrected chi connectivity index (χ4v) is 2.52. The third-order valence-electron chi connectivity index (χ3n) is 3.75. The topological polar surface area (TPSA) is 130 Å². The zero-order chi connectivity index (χ0) is 20.3. The van der Waals surface area contributed by atoms with Crippen LogP contribution in [0, 0.1) is 17.1 Å². The molecule has 8 nitrogen and oxygen atoms in total. The number of primary amides is 1. The van der Waals surface area contributed by atoms with E-state index in [0.29, 0.717) is 16.6 Å². The number of fused-ring (bicyclic) bond motifs is 1. The van der Waals surface area contributed by atoms with Crippen LogP contribution in [0.4, 0.5) is 29.5 Å². The molecular weight excluding hydrogens is 375 g/mol. The number of halogens is 3. The molecule has 0 saturated heterocycles. The Morgan fingerprint density at radius 1 is 1.21 bits per heavy atom. The van der Waals surface area contributed by atoms with E-state index in [1.807, 2.05) is 11.4 Å². The van der Waals surface area contributed by atoms with Crippen molar-refractivity contribution < 1.29 is 18.0 Å². The Bertz CT molecular complexity index is 1080. The Hall–Kier alpha value is -3.94. The predicted molar refractivity (Wildman–Crippen MR) is 93.2 cm³/mol. The molecule has 3 rings (SSSR count). The molecule has 2 amide bonds. The van der Waals surface area contributed by atoms with Crippen molar-refractivity contribution in [2.24, 2.45) is 5.73 Å². The van der Waals surface area contributed by atoms with Crippen molar-refractivity contribution in [2.75, 3.05) is 5.32 Å². The molecule has 0 aliphatic rings. The van der Waals surface area contributed by atoms with Crippen LogP contribution < -0.4 is 16.4 Å². The van der Waals surface area contributed by atoms with Gasteiger partial charge in [-0.1, -0.05) is 0 Å². The molecule has 0 aliphatic heterocycles. The van der Waals surface area contributed by atoms with E-state index in [9.17, 15) is 18.0 Å². The Morgan fingerprint density at radius 3 is 2.68 bits per heavy atom. The van der Waals surface area contributed by atoms with Gasteiger partial charge in [0.2, 0.25) is 0 Å². The molecule has 2 aromatic heterocycles. The molecule has 28 heavy (non-hydrogen) atoms. The third kappa shape index (κ3) is 3.90. The number of nitrogens with zero attached hydrogens (tertiary/aromatic N) is 4. The summed E-state index contributed by atoms with van der Waals surface area (Å²) in [4.78, 5) is 23.1. The molecule has 0 bridgehead atoms. The highest BCUT2D eigenvalue weighted by atomic mass is 19.3. The van der Waals surface area contributed by atoms with Gasteiger partial charge in [0, 0.05) is 17.4 Å². The molecule has 1 aromatic carbocycles. The van der Waals surface area contributed by atoms with Crippen LogP contribution in [0.15, 0.2) is 36.8 Å². The number of hydrogen-bond acceptors (Lipinski definition) is 6. The number of urea groups is 1. The number of nitriles is 1. The molecule has 2 heterocycles. The number of nitrogens with one attached hydrogen (secondary N) is 2. The molecule has 0 saturated carbocycles. The summed E-state index contributed by atoms with van der Waals surface area (Å²) in [5, 5.41) is 13.6. The average molecular weight is 387 g/mol. The van der Waals surface area contributed by atoms with Gasteiger partial charge in [-0.3, -0.25) is 0 Å². The molecule has 0 aliphatic carbocycles. The Balaban J connectivity index is 1.99. The minimum atomic E-state index is -3.08. The molecule has 0 spiro atoms. The monoisotopic (exact) mass is 387 g/mol. The number of hydrogen-bond donors (Lipinski definition) is 3. The number of rotatable bonds is 5. The van der Waals surface area contributed by atoms with E-state index in [1.54, 1.807) is 0 Å². The van der Waals surface area contributed by atoms with Gasteiger partial charge in [0.25, 0.3) is 6.43 Å². The maximum absolute atomic E-state index is 14.1. The molecule has 1 atom stereocenters. The summed E-state index contributed by atoms with van der Waals surface area (Å²) >= 11 is 0. The highest BCUT2D eigenvalue weighted by Crippen LogP contribution is 2.28. The van der Waals surface area contributed by atoms with Crippen molar-refractivity contribution in [3.8, 4) is 6.07 Å². The highest BCUT2D eigenvalue weighted by Gasteiger charge is 2.27. The van der Waals surface area contributed by atoms with Crippen molar-refractivity contribution >= 4 is 28.6 Å². The minimum absolute atomic E-state index is 0.222. The summed E-state index contributed by atoms with van der Waals surface area (Å²) in [7, 11) is 0. The molecule has 0 unspecified atom stereocenters. The number of aromatic nitrogens is 3. The van der Waals surface area contributed by atoms with Crippen molar-refractivity contribution in [1.82, 2.24) is 20.3 Å². The molecule has 142 valence electrons. The first kappa shape index (κ1) is 18.8. The normalized spacial score (nSPS) is 11.8. The number of anilines is 2. The quantitative estimate of drug-likeness (QED) is 0.617. The number of benzene rings is 1. The first-order valence-electron chi connectivity index (χ1n) is 7.80. The van der Waals surface area contributed by atoms with Crippen molar-refractivity contribution in [1.29, 1.82) is 5.26 Å². The summed E-state index contributed by atoms with van der Waals surface area (Å²) < 4.78 is 40.6. The molecule has 4 N–H and O–H groups in total. The van der Waals surface area contributed by atoms with Crippen LogP contribution >= 0.6 is 0 Å². The maximum atomic E-state index is 14.1. The average Bonchev–Trinajstić information content (AvgIpc) is 2.67. The lowest BCUT2D eigenvalue weighted by atomic mass is 10.1. The van der Waals surface area contributed by atoms with Crippen LogP contribution in [0.25, 0.3) is 11.0 Å². The van der Waals surface area contributed by atoms with Gasteiger partial charge in [0.15, 0.2) is 5.82 Å². The summed E-state index contributed by atoms with van der Waals surface area (Å²) in [5.41, 5.74) is 5.69. The van der Waals surface area contributed by atoms with Crippen LogP contribution in [-0.4, -0.2) is 27.4 Å². The van der Waals surface area contributed by atoms with Gasteiger partial charge in [-0.15, -0.1) is 0 Å². The number of nitrogens with two attached hydrogens (primary N) is 1. The summed E-state index contributed by atoms with van der Waals surface area (Å²) in [5.74, 6) is -0.711. The van der Waals surface area contributed by atoms with E-state index in [-0.39, 0.29) is 11.5 Å². The van der Waals surface area contributed by atoms with E-state index < -0.39 is 29.9 Å². The van der Waals surface area contributed by atoms with Crippen molar-refractivity contribution in [3.63, 3.8) is 0 Å². The first-order chi connectivity index (χ1) is 13.4. The standard InChI is InChI=1S/C17H12F3N7O/c18-11-2-1-9(4-10(11)13(15(19)20)27-17(22)28)26-16-14-12(24-7-25-16)3-8(5-21)6-23-14/h1-4,6-7,13,15H,(H3,22,27,28)(H,24,25,26)/t13-/m0/s1. The van der Waals surface area contributed by atoms with Gasteiger partial charge in [-0.05, 0) is 24.3 Å². The molecule has 3 aromatic rings. The number of alkyl halides is 2. The van der Waals surface area contributed by atoms with Crippen LogP contribution in [0.3, 0.4) is 0 Å². The number of pyridine rings is 1. The van der Waals surface area contributed by atoms with Crippen LogP contribution in [0.1, 0.15) is 17.2 Å². The summed E-state index contributed by atoms with van der Waals surface area (Å²) in [6.07, 6.45) is -0.520. The van der Waals surface area contributed by atoms with E-state index >= 15 is 0 Å². The SMILES string of the molecule is N#Cc1cnc2c(Nc3ccc(F)c([C@H](NC(N)=O)C(F)F)c3)ncnc2c1. The van der Waals surface area contributed by atoms with Gasteiger partial charge in [0.1, 0.15) is 29.8 Å². The number of amides is 2. The third-order valence-corrected chi connectivity index (χ3v) is 3.75. The zero-order valence-electron chi connectivity index (χ0n) is 14.0. The Kier molecular flexibility index (Phi) is 5.21. The maximum Gasteiger partial charge on any atom is 0.312 e. The van der Waals surface area contributed by atoms with Crippen LogP contribution in [0.2, 0.25) is 0 Å². The molecular formula is C17H12F3N7O. The second kappa shape index (κ2) is 7.75. The van der Waals surface area contributed by atoms with Gasteiger partial charge in [0.05, 0.1) is 11.1 Å². The second-order valence-electron chi connectivity index (χ2n) is 5.61. The smallest absolute Gasteiger partial charge is 0.312 e. The lowest BCUT2D eigenvalue weighted by Gasteiger charge is -2.19. The number of carbonyl (C=O) groups is 1. The second-order valence-corrected chi connectivity index (χ2v) is 5.61. The zero-order valence-corrected chi connectivity index (χ0v) is 14.0. The number of carbonyl (C=O) groups excluding carboxylic acids is 1. The van der Waals surface area contributed by atoms with Crippen molar-refractivity contribution in [3.05, 3.63) is 53.7 Å². The van der Waals surface area contributed by atoms with Gasteiger partial charge < -0.3 is 16.4 Å². The van der Waals surface area contributed by atoms with Gasteiger partial charge in [-0.25, -0.2) is 32.9 Å². The fraction of sp³-hybridized carbons (Fsp3) is 0.118. The summed E-state index contributed by atoms with van der Waals surface area (Å²) in [6, 6.07) is 3.72. The van der Waals surface area contributed by atoms with Crippen LogP contribution in [-0.2, 0) is 0 Å². The molecule has 0 fully saturated rings. The lowest BCUT2D eigenvalue weighted by molar-refractivity contribution is 0.101. The minimum Gasteiger partial charge on any atom is -0.352 e. The van der Waals surface area contributed by atoms with Crippen molar-refractivity contribution in [2.45, 2.75) is 12.5 Å².